The zero-order valence-corrected chi connectivity index (χ0v) is 9.27. The average Bonchev–Trinajstić information content (AvgIpc) is 2.00. The summed E-state index contributed by atoms with van der Waals surface area (Å²) in [5, 5.41) is 0. The Morgan fingerprint density at radius 1 is 1.17 bits per heavy atom. The maximum atomic E-state index is 4.07. The lowest BCUT2D eigenvalue weighted by atomic mass is 9.86. The Bertz CT molecular complexity index is 94.2. The van der Waals surface area contributed by atoms with Crippen LogP contribution in [0.5, 0.6) is 0 Å². The molecule has 0 rings (SSSR count). The molecule has 0 aromatic carbocycles. The standard InChI is InChI=1S/C12H25/c1-6-7-8-11(4)9-12(5)10(2)3/h10-12H,2,6-9H2,1,3-5H3. The van der Waals surface area contributed by atoms with Crippen LogP contribution in [0.15, 0.2) is 0 Å². The van der Waals surface area contributed by atoms with Crippen molar-refractivity contribution in [1.29, 1.82) is 0 Å². The molecule has 0 nitrogen and oxygen atoms in total. The fourth-order valence-corrected chi connectivity index (χ4v) is 1.54. The molecule has 0 amide bonds. The SMILES string of the molecule is [CH2]C(C)C(C)CC(C)CCCC. The van der Waals surface area contributed by atoms with Crippen LogP contribution >= 0.6 is 0 Å². The second-order valence-electron chi connectivity index (χ2n) is 4.44. The Labute approximate surface area is 78.8 Å². The Morgan fingerprint density at radius 3 is 2.17 bits per heavy atom. The smallest absolute Gasteiger partial charge is 0.0414 e. The molecule has 0 aliphatic heterocycles. The Hall–Kier alpha value is 0. The van der Waals surface area contributed by atoms with Gasteiger partial charge in [0.2, 0.25) is 0 Å². The highest BCUT2D eigenvalue weighted by Crippen LogP contribution is 2.22. The first-order valence-electron chi connectivity index (χ1n) is 5.41. The van der Waals surface area contributed by atoms with E-state index in [2.05, 4.69) is 34.6 Å². The van der Waals surface area contributed by atoms with Gasteiger partial charge in [0.05, 0.1) is 0 Å². The van der Waals surface area contributed by atoms with Gasteiger partial charge in [-0.05, 0) is 24.2 Å². The molecule has 73 valence electrons. The van der Waals surface area contributed by atoms with Gasteiger partial charge in [0.15, 0.2) is 0 Å². The lowest BCUT2D eigenvalue weighted by molar-refractivity contribution is 0.335. The molecule has 0 aliphatic carbocycles. The van der Waals surface area contributed by atoms with Crippen molar-refractivity contribution >= 4 is 0 Å². The molecular weight excluding hydrogens is 144 g/mol. The van der Waals surface area contributed by atoms with E-state index in [0.717, 1.165) is 11.8 Å². The summed E-state index contributed by atoms with van der Waals surface area (Å²) in [5.41, 5.74) is 0. The van der Waals surface area contributed by atoms with Crippen LogP contribution in [0.25, 0.3) is 0 Å². The van der Waals surface area contributed by atoms with Crippen molar-refractivity contribution in [1.82, 2.24) is 0 Å². The predicted molar refractivity (Wildman–Crippen MR) is 57.0 cm³/mol. The first-order valence-corrected chi connectivity index (χ1v) is 5.41. The van der Waals surface area contributed by atoms with Crippen molar-refractivity contribution in [3.05, 3.63) is 6.92 Å². The number of unbranched alkanes of at least 4 members (excludes halogenated alkanes) is 1. The molecule has 1 radical (unpaired) electrons. The first kappa shape index (κ1) is 12.0. The maximum absolute atomic E-state index is 4.07. The highest BCUT2D eigenvalue weighted by Gasteiger charge is 2.11. The Kier molecular flexibility index (Phi) is 6.51. The molecule has 3 unspecified atom stereocenters. The number of hydrogen-bond donors (Lipinski definition) is 0. The van der Waals surface area contributed by atoms with Gasteiger partial charge in [-0.2, -0.15) is 0 Å². The van der Waals surface area contributed by atoms with E-state index >= 15 is 0 Å². The van der Waals surface area contributed by atoms with Crippen molar-refractivity contribution in [2.24, 2.45) is 17.8 Å². The van der Waals surface area contributed by atoms with Gasteiger partial charge in [-0.25, -0.2) is 0 Å². The molecule has 3 atom stereocenters. The van der Waals surface area contributed by atoms with E-state index in [4.69, 9.17) is 0 Å². The second-order valence-corrected chi connectivity index (χ2v) is 4.44. The molecule has 0 aliphatic rings. The van der Waals surface area contributed by atoms with Crippen LogP contribution in [-0.2, 0) is 0 Å². The van der Waals surface area contributed by atoms with Crippen molar-refractivity contribution in [2.45, 2.75) is 53.4 Å². The van der Waals surface area contributed by atoms with Crippen LogP contribution in [-0.4, -0.2) is 0 Å². The van der Waals surface area contributed by atoms with E-state index in [1.807, 2.05) is 0 Å². The Morgan fingerprint density at radius 2 is 1.75 bits per heavy atom. The van der Waals surface area contributed by atoms with Crippen molar-refractivity contribution in [3.8, 4) is 0 Å². The van der Waals surface area contributed by atoms with E-state index in [0.29, 0.717) is 5.92 Å². The second kappa shape index (κ2) is 6.51. The van der Waals surface area contributed by atoms with E-state index in [1.165, 1.54) is 25.7 Å². The monoisotopic (exact) mass is 169 g/mol. The fraction of sp³-hybridized carbons (Fsp3) is 0.917. The summed E-state index contributed by atoms with van der Waals surface area (Å²) < 4.78 is 0. The van der Waals surface area contributed by atoms with Crippen LogP contribution < -0.4 is 0 Å². The van der Waals surface area contributed by atoms with Gasteiger partial charge in [-0.15, -0.1) is 0 Å². The summed E-state index contributed by atoms with van der Waals surface area (Å²) in [6.45, 7) is 13.2. The third-order valence-electron chi connectivity index (χ3n) is 2.80. The van der Waals surface area contributed by atoms with Crippen LogP contribution in [0.3, 0.4) is 0 Å². The van der Waals surface area contributed by atoms with Gasteiger partial charge >= 0.3 is 0 Å². The molecule has 0 saturated carbocycles. The van der Waals surface area contributed by atoms with Crippen molar-refractivity contribution in [3.63, 3.8) is 0 Å². The quantitative estimate of drug-likeness (QED) is 0.556. The van der Waals surface area contributed by atoms with Crippen molar-refractivity contribution < 1.29 is 0 Å². The molecule has 0 bridgehead atoms. The summed E-state index contributed by atoms with van der Waals surface area (Å²) in [6, 6.07) is 0. The largest absolute Gasteiger partial charge is 0.0654 e. The lowest BCUT2D eigenvalue weighted by Gasteiger charge is -2.19. The first-order chi connectivity index (χ1) is 5.57. The third-order valence-corrected chi connectivity index (χ3v) is 2.80. The number of rotatable bonds is 6. The van der Waals surface area contributed by atoms with Gasteiger partial charge in [0, 0.05) is 0 Å². The van der Waals surface area contributed by atoms with Crippen LogP contribution in [0.1, 0.15) is 53.4 Å². The van der Waals surface area contributed by atoms with Gasteiger partial charge in [0.25, 0.3) is 0 Å². The molecule has 12 heavy (non-hydrogen) atoms. The normalized spacial score (nSPS) is 16.5. The zero-order chi connectivity index (χ0) is 9.56. The van der Waals surface area contributed by atoms with E-state index in [1.54, 1.807) is 0 Å². The van der Waals surface area contributed by atoms with Crippen LogP contribution in [0, 0.1) is 24.7 Å². The van der Waals surface area contributed by atoms with Crippen LogP contribution in [0.2, 0.25) is 0 Å². The molecule has 0 heteroatoms. The average molecular weight is 169 g/mol. The minimum absolute atomic E-state index is 0.606. The molecule has 0 spiro atoms. The highest BCUT2D eigenvalue weighted by atomic mass is 14.2. The summed E-state index contributed by atoms with van der Waals surface area (Å²) in [6.07, 6.45) is 5.47. The molecule has 0 saturated heterocycles. The highest BCUT2D eigenvalue weighted by molar-refractivity contribution is 4.66. The third kappa shape index (κ3) is 5.62. The topological polar surface area (TPSA) is 0 Å². The van der Waals surface area contributed by atoms with Crippen LogP contribution in [0.4, 0.5) is 0 Å². The molecule has 0 aromatic heterocycles. The van der Waals surface area contributed by atoms with Gasteiger partial charge in [0.1, 0.15) is 0 Å². The van der Waals surface area contributed by atoms with Gasteiger partial charge in [-0.1, -0.05) is 53.9 Å². The molecule has 0 fully saturated rings. The predicted octanol–water partition coefficient (Wildman–Crippen LogP) is 4.31. The van der Waals surface area contributed by atoms with Gasteiger partial charge in [-0.3, -0.25) is 0 Å². The summed E-state index contributed by atoms with van der Waals surface area (Å²) in [4.78, 5) is 0. The van der Waals surface area contributed by atoms with E-state index in [-0.39, 0.29) is 0 Å². The van der Waals surface area contributed by atoms with E-state index < -0.39 is 0 Å². The van der Waals surface area contributed by atoms with Gasteiger partial charge < -0.3 is 0 Å². The van der Waals surface area contributed by atoms with E-state index in [9.17, 15) is 0 Å². The maximum Gasteiger partial charge on any atom is -0.0414 e. The van der Waals surface area contributed by atoms with Crippen molar-refractivity contribution in [2.75, 3.05) is 0 Å². The molecular formula is C12H25. The zero-order valence-electron chi connectivity index (χ0n) is 9.27. The molecule has 0 N–H and O–H groups in total. The number of hydrogen-bond acceptors (Lipinski definition) is 0. The summed E-state index contributed by atoms with van der Waals surface area (Å²) >= 11 is 0. The molecule has 0 heterocycles. The fourth-order valence-electron chi connectivity index (χ4n) is 1.54. The molecule has 0 aromatic rings. The Balaban J connectivity index is 3.47. The minimum atomic E-state index is 0.606. The lowest BCUT2D eigenvalue weighted by Crippen LogP contribution is -2.09. The summed E-state index contributed by atoms with van der Waals surface area (Å²) in [5.74, 6) is 2.29. The summed E-state index contributed by atoms with van der Waals surface area (Å²) in [7, 11) is 0. The minimum Gasteiger partial charge on any atom is -0.0654 e.